The number of phosphoric acid groups is 1. The molecule has 0 bridgehead atoms. The molecule has 0 aromatic heterocycles. The molecular formula is C82H151NO8P+. The average molecular weight is 1310 g/mol. The molecule has 0 rings (SSSR count). The smallest absolute Gasteiger partial charge is 0.462 e. The first-order valence-electron chi connectivity index (χ1n) is 39.3. The summed E-state index contributed by atoms with van der Waals surface area (Å²) in [4.78, 5) is 36.0. The summed E-state index contributed by atoms with van der Waals surface area (Å²) >= 11 is 0. The van der Waals surface area contributed by atoms with E-state index in [0.29, 0.717) is 23.9 Å². The van der Waals surface area contributed by atoms with Crippen molar-refractivity contribution in [3.05, 3.63) is 85.1 Å². The van der Waals surface area contributed by atoms with Crippen molar-refractivity contribution in [1.29, 1.82) is 0 Å². The van der Waals surface area contributed by atoms with E-state index in [1.165, 1.54) is 263 Å². The van der Waals surface area contributed by atoms with E-state index in [4.69, 9.17) is 18.5 Å². The Bertz CT molecular complexity index is 1830. The van der Waals surface area contributed by atoms with Crippen LogP contribution in [0.25, 0.3) is 0 Å². The van der Waals surface area contributed by atoms with E-state index in [1.54, 1.807) is 0 Å². The Hall–Kier alpha value is -2.81. The molecule has 0 heterocycles. The molecule has 0 fully saturated rings. The van der Waals surface area contributed by atoms with Crippen molar-refractivity contribution in [2.45, 2.75) is 380 Å². The van der Waals surface area contributed by atoms with Gasteiger partial charge < -0.3 is 18.9 Å². The Kier molecular flexibility index (Phi) is 70.2. The average Bonchev–Trinajstić information content (AvgIpc) is 2.14. The van der Waals surface area contributed by atoms with Crippen molar-refractivity contribution in [3.8, 4) is 0 Å². The molecule has 0 saturated heterocycles. The highest BCUT2D eigenvalue weighted by Gasteiger charge is 2.27. The summed E-state index contributed by atoms with van der Waals surface area (Å²) in [5.41, 5.74) is 0. The zero-order valence-electron chi connectivity index (χ0n) is 61.3. The minimum Gasteiger partial charge on any atom is -0.462 e. The highest BCUT2D eigenvalue weighted by molar-refractivity contribution is 7.47. The summed E-state index contributed by atoms with van der Waals surface area (Å²) in [6.07, 6.45) is 100. The van der Waals surface area contributed by atoms with Gasteiger partial charge in [0.1, 0.15) is 19.8 Å². The first-order valence-corrected chi connectivity index (χ1v) is 40.8. The molecule has 0 saturated carbocycles. The van der Waals surface area contributed by atoms with Crippen LogP contribution >= 0.6 is 7.82 Å². The van der Waals surface area contributed by atoms with Gasteiger partial charge in [-0.2, -0.15) is 0 Å². The van der Waals surface area contributed by atoms with Gasteiger partial charge in [0.15, 0.2) is 6.10 Å². The molecule has 536 valence electrons. The van der Waals surface area contributed by atoms with Crippen LogP contribution < -0.4 is 0 Å². The van der Waals surface area contributed by atoms with Crippen LogP contribution in [-0.2, 0) is 32.7 Å². The van der Waals surface area contributed by atoms with Gasteiger partial charge in [0.25, 0.3) is 0 Å². The van der Waals surface area contributed by atoms with Gasteiger partial charge in [0.05, 0.1) is 27.7 Å². The van der Waals surface area contributed by atoms with Gasteiger partial charge in [0, 0.05) is 12.8 Å². The number of nitrogens with zero attached hydrogens (tertiary/aromatic N) is 1. The lowest BCUT2D eigenvalue weighted by molar-refractivity contribution is -0.870. The largest absolute Gasteiger partial charge is 0.472 e. The number of carbonyl (C=O) groups is 2. The lowest BCUT2D eigenvalue weighted by Crippen LogP contribution is -2.37. The van der Waals surface area contributed by atoms with Crippen LogP contribution in [0.4, 0.5) is 0 Å². The maximum absolute atomic E-state index is 12.9. The highest BCUT2D eigenvalue weighted by atomic mass is 31.2. The van der Waals surface area contributed by atoms with Gasteiger partial charge in [-0.1, -0.05) is 356 Å². The predicted octanol–water partition coefficient (Wildman–Crippen LogP) is 26.1. The SMILES string of the molecule is CC/C=C\C/C=C\C/C=C\C/C=C\C/C=C\C/C=C\CCCCCCCCCCCCCCC(=O)OC(COC(=O)CCCCCCCCCCCCCCCCCCCCCCCCCCC/C=C\CCCCCCCCCC)COP(=O)(O)OCC[N+](C)(C)C. The fraction of sp³-hybridized carbons (Fsp3) is 0.805. The van der Waals surface area contributed by atoms with Gasteiger partial charge in [-0.25, -0.2) is 4.57 Å². The van der Waals surface area contributed by atoms with Crippen molar-refractivity contribution >= 4 is 19.8 Å². The molecule has 0 aliphatic carbocycles. The van der Waals surface area contributed by atoms with Crippen LogP contribution in [0.15, 0.2) is 85.1 Å². The molecular weight excluding hydrogens is 1160 g/mol. The van der Waals surface area contributed by atoms with E-state index in [9.17, 15) is 19.0 Å². The van der Waals surface area contributed by atoms with Crippen molar-refractivity contribution in [3.63, 3.8) is 0 Å². The summed E-state index contributed by atoms with van der Waals surface area (Å²) in [6, 6.07) is 0. The number of carbonyl (C=O) groups excluding carboxylic acids is 2. The van der Waals surface area contributed by atoms with Crippen molar-refractivity contribution in [2.24, 2.45) is 0 Å². The van der Waals surface area contributed by atoms with Crippen LogP contribution in [-0.4, -0.2) is 74.9 Å². The van der Waals surface area contributed by atoms with E-state index in [0.717, 1.165) is 77.0 Å². The summed E-state index contributed by atoms with van der Waals surface area (Å²) in [5, 5.41) is 0. The van der Waals surface area contributed by atoms with Crippen LogP contribution in [0.2, 0.25) is 0 Å². The third-order valence-electron chi connectivity index (χ3n) is 17.4. The van der Waals surface area contributed by atoms with Crippen LogP contribution in [0.5, 0.6) is 0 Å². The first-order chi connectivity index (χ1) is 45.0. The number of likely N-dealkylation sites (N-methyl/N-ethyl adjacent to an activating group) is 1. The quantitative estimate of drug-likeness (QED) is 0.0211. The molecule has 0 aromatic rings. The standard InChI is InChI=1S/C82H150NO8P/c1-6-8-10-12-14-16-18-20-22-24-26-28-30-32-34-36-38-39-40-41-42-43-45-46-48-50-52-54-56-58-60-62-64-66-68-70-72-74-81(84)88-78-80(79-90-92(86,87)89-77-76-83(3,4)5)91-82(85)75-73-71-69-67-65-63-61-59-57-55-53-51-49-47-44-37-35-33-31-29-27-25-23-21-19-17-15-13-11-9-7-2/h9,11,15,17,21,23-24,26-27,29,33,35,44,47,80H,6-8,10,12-14,16,18-20,22,25,28,30-32,34,36-43,45-46,48-79H2,1-5H3/p+1/b11-9-,17-15-,23-21-,26-24-,29-27-,35-33-,47-44-. The number of unbranched alkanes of at least 4 members (excludes halogenated alkanes) is 45. The second-order valence-electron chi connectivity index (χ2n) is 27.7. The molecule has 2 unspecified atom stereocenters. The number of hydrogen-bond acceptors (Lipinski definition) is 7. The van der Waals surface area contributed by atoms with E-state index in [1.807, 2.05) is 21.1 Å². The number of phosphoric ester groups is 1. The van der Waals surface area contributed by atoms with E-state index in [-0.39, 0.29) is 25.6 Å². The number of ether oxygens (including phenoxy) is 2. The normalized spacial score (nSPS) is 13.5. The van der Waals surface area contributed by atoms with Crippen molar-refractivity contribution < 1.29 is 42.1 Å². The fourth-order valence-electron chi connectivity index (χ4n) is 11.4. The summed E-state index contributed by atoms with van der Waals surface area (Å²) in [7, 11) is 1.49. The Labute approximate surface area is 571 Å². The third-order valence-corrected chi connectivity index (χ3v) is 18.4. The fourth-order valence-corrected chi connectivity index (χ4v) is 12.2. The molecule has 0 aliphatic heterocycles. The molecule has 2 atom stereocenters. The summed E-state index contributed by atoms with van der Waals surface area (Å²) in [6.45, 7) is 4.37. The van der Waals surface area contributed by atoms with E-state index < -0.39 is 26.5 Å². The zero-order chi connectivity index (χ0) is 66.9. The molecule has 10 heteroatoms. The molecule has 0 spiro atoms. The maximum Gasteiger partial charge on any atom is 0.472 e. The second-order valence-corrected chi connectivity index (χ2v) is 29.2. The lowest BCUT2D eigenvalue weighted by atomic mass is 10.0. The zero-order valence-corrected chi connectivity index (χ0v) is 62.2. The minimum absolute atomic E-state index is 0.0304. The van der Waals surface area contributed by atoms with E-state index in [2.05, 4.69) is 98.9 Å². The lowest BCUT2D eigenvalue weighted by Gasteiger charge is -2.24. The van der Waals surface area contributed by atoms with Crippen LogP contribution in [0.1, 0.15) is 373 Å². The first kappa shape index (κ1) is 89.2. The molecule has 0 aromatic carbocycles. The number of rotatable bonds is 73. The van der Waals surface area contributed by atoms with Gasteiger partial charge in [-0.15, -0.1) is 0 Å². The monoisotopic (exact) mass is 1310 g/mol. The van der Waals surface area contributed by atoms with Gasteiger partial charge in [-0.05, 0) is 89.9 Å². The topological polar surface area (TPSA) is 108 Å². The molecule has 0 aliphatic rings. The van der Waals surface area contributed by atoms with E-state index >= 15 is 0 Å². The number of hydrogen-bond donors (Lipinski definition) is 1. The number of quaternary nitrogens is 1. The van der Waals surface area contributed by atoms with Gasteiger partial charge in [0.2, 0.25) is 0 Å². The Morgan fingerprint density at radius 3 is 0.935 bits per heavy atom. The van der Waals surface area contributed by atoms with Crippen molar-refractivity contribution in [2.75, 3.05) is 47.5 Å². The Balaban J connectivity index is 3.95. The van der Waals surface area contributed by atoms with Crippen LogP contribution in [0, 0.1) is 0 Å². The Morgan fingerprint density at radius 1 is 0.348 bits per heavy atom. The van der Waals surface area contributed by atoms with Crippen LogP contribution in [0.3, 0.4) is 0 Å². The minimum atomic E-state index is -4.40. The maximum atomic E-state index is 12.9. The molecule has 0 amide bonds. The molecule has 0 radical (unpaired) electrons. The summed E-state index contributed by atoms with van der Waals surface area (Å²) < 4.78 is 34.8. The predicted molar refractivity (Wildman–Crippen MR) is 399 cm³/mol. The van der Waals surface area contributed by atoms with Gasteiger partial charge >= 0.3 is 19.8 Å². The molecule has 9 nitrogen and oxygen atoms in total. The van der Waals surface area contributed by atoms with Crippen molar-refractivity contribution in [1.82, 2.24) is 0 Å². The number of esters is 2. The Morgan fingerprint density at radius 2 is 0.620 bits per heavy atom. The molecule has 1 N–H and O–H groups in total. The third kappa shape index (κ3) is 76.2. The molecule has 92 heavy (non-hydrogen) atoms. The highest BCUT2D eigenvalue weighted by Crippen LogP contribution is 2.43. The number of allylic oxidation sites excluding steroid dienone is 14. The second kappa shape index (κ2) is 72.5. The summed E-state index contributed by atoms with van der Waals surface area (Å²) in [5.74, 6) is -0.785. The van der Waals surface area contributed by atoms with Gasteiger partial charge in [-0.3, -0.25) is 18.6 Å².